The monoisotopic (exact) mass is 304 g/mol. The molecule has 0 aromatic heterocycles. The summed E-state index contributed by atoms with van der Waals surface area (Å²) in [5.41, 5.74) is 0. The maximum absolute atomic E-state index is 11.8. The number of carbonyl (C=O) groups is 2. The molecule has 0 aromatic rings. The number of hydrogen-bond donors (Lipinski definition) is 1. The summed E-state index contributed by atoms with van der Waals surface area (Å²) in [5.74, 6) is 0.145. The molecule has 1 heterocycles. The highest BCUT2D eigenvalue weighted by Gasteiger charge is 2.21. The highest BCUT2D eigenvalue weighted by Crippen LogP contribution is 2.12. The van der Waals surface area contributed by atoms with Crippen molar-refractivity contribution in [3.63, 3.8) is 0 Å². The maximum Gasteiger partial charge on any atom is 0.241 e. The summed E-state index contributed by atoms with van der Waals surface area (Å²) in [7, 11) is 0. The number of nitrogens with zero attached hydrogens (tertiary/aromatic N) is 1. The Bertz CT molecular complexity index is 276. The predicted octanol–water partition coefficient (Wildman–Crippen LogP) is 1.53. The summed E-state index contributed by atoms with van der Waals surface area (Å²) in [6.45, 7) is 5.71. The summed E-state index contributed by atoms with van der Waals surface area (Å²) in [6.07, 6.45) is 3.35. The number of rotatable bonds is 4. The predicted molar refractivity (Wildman–Crippen MR) is 71.0 cm³/mol. The molecule has 2 amide bonds. The molecule has 0 spiro atoms. The van der Waals surface area contributed by atoms with Crippen molar-refractivity contribution in [2.24, 2.45) is 5.92 Å². The number of piperidine rings is 1. The van der Waals surface area contributed by atoms with E-state index in [2.05, 4.69) is 21.2 Å². The minimum atomic E-state index is -0.225. The van der Waals surface area contributed by atoms with Crippen molar-refractivity contribution >= 4 is 27.7 Å². The summed E-state index contributed by atoms with van der Waals surface area (Å²) in [4.78, 5) is 25.0. The quantitative estimate of drug-likeness (QED) is 0.801. The molecule has 1 saturated heterocycles. The number of carbonyl (C=O) groups excluding carboxylic acids is 2. The van der Waals surface area contributed by atoms with Crippen molar-refractivity contribution < 1.29 is 9.59 Å². The first-order chi connectivity index (χ1) is 8.02. The maximum atomic E-state index is 11.8. The lowest BCUT2D eigenvalue weighted by molar-refractivity contribution is -0.133. The molecule has 0 saturated carbocycles. The molecule has 0 radical (unpaired) electrons. The van der Waals surface area contributed by atoms with Crippen LogP contribution in [0, 0.1) is 5.92 Å². The van der Waals surface area contributed by atoms with Crippen LogP contribution in [-0.4, -0.2) is 41.2 Å². The molecule has 1 fully saturated rings. The van der Waals surface area contributed by atoms with E-state index in [1.165, 1.54) is 6.42 Å². The van der Waals surface area contributed by atoms with E-state index < -0.39 is 0 Å². The zero-order valence-electron chi connectivity index (χ0n) is 10.5. The Hall–Kier alpha value is -0.580. The lowest BCUT2D eigenvalue weighted by atomic mass is 10.1. The third kappa shape index (κ3) is 4.66. The van der Waals surface area contributed by atoms with Crippen molar-refractivity contribution in [3.8, 4) is 0 Å². The largest absolute Gasteiger partial charge is 0.346 e. The van der Waals surface area contributed by atoms with Gasteiger partial charge in [-0.25, -0.2) is 0 Å². The van der Waals surface area contributed by atoms with Gasteiger partial charge in [0.15, 0.2) is 0 Å². The van der Waals surface area contributed by atoms with Gasteiger partial charge >= 0.3 is 0 Å². The Kier molecular flexibility index (Phi) is 5.95. The number of hydrogen-bond acceptors (Lipinski definition) is 2. The van der Waals surface area contributed by atoms with Crippen LogP contribution in [0.1, 0.15) is 33.1 Å². The van der Waals surface area contributed by atoms with E-state index >= 15 is 0 Å². The summed E-state index contributed by atoms with van der Waals surface area (Å²) in [5, 5.41) is 2.68. The topological polar surface area (TPSA) is 49.4 Å². The van der Waals surface area contributed by atoms with Crippen molar-refractivity contribution in [2.75, 3.05) is 19.6 Å². The zero-order valence-corrected chi connectivity index (χ0v) is 12.1. The highest BCUT2D eigenvalue weighted by molar-refractivity contribution is 9.10. The second kappa shape index (κ2) is 6.99. The fourth-order valence-corrected chi connectivity index (χ4v) is 1.98. The van der Waals surface area contributed by atoms with Crippen molar-refractivity contribution in [3.05, 3.63) is 0 Å². The van der Waals surface area contributed by atoms with E-state index in [9.17, 15) is 9.59 Å². The van der Waals surface area contributed by atoms with Crippen LogP contribution >= 0.6 is 15.9 Å². The fourth-order valence-electron chi connectivity index (χ4n) is 1.82. The molecule has 17 heavy (non-hydrogen) atoms. The molecular formula is C12H21BrN2O2. The van der Waals surface area contributed by atoms with E-state index in [-0.39, 0.29) is 29.1 Å². The second-order valence-electron chi connectivity index (χ2n) is 4.81. The van der Waals surface area contributed by atoms with Crippen LogP contribution in [0.4, 0.5) is 0 Å². The lowest BCUT2D eigenvalue weighted by Crippen LogP contribution is -2.44. The third-order valence-electron chi connectivity index (χ3n) is 2.96. The van der Waals surface area contributed by atoms with Crippen molar-refractivity contribution in [2.45, 2.75) is 37.9 Å². The first-order valence-corrected chi connectivity index (χ1v) is 7.13. The lowest BCUT2D eigenvalue weighted by Gasteiger charge is -2.27. The highest BCUT2D eigenvalue weighted by atomic mass is 79.9. The van der Waals surface area contributed by atoms with Crippen molar-refractivity contribution in [1.82, 2.24) is 10.2 Å². The van der Waals surface area contributed by atoms with E-state index in [0.717, 1.165) is 25.9 Å². The molecule has 0 aliphatic carbocycles. The Balaban J connectivity index is 2.29. The molecule has 1 aliphatic heterocycles. The van der Waals surface area contributed by atoms with Gasteiger partial charge in [-0.05, 0) is 25.2 Å². The van der Waals surface area contributed by atoms with Gasteiger partial charge in [-0.2, -0.15) is 0 Å². The number of nitrogens with one attached hydrogen (secondary N) is 1. The summed E-state index contributed by atoms with van der Waals surface area (Å²) < 4.78 is 0. The molecule has 1 aliphatic rings. The number of likely N-dealkylation sites (tertiary alicyclic amines) is 1. The molecule has 0 bridgehead atoms. The third-order valence-corrected chi connectivity index (χ3v) is 4.43. The van der Waals surface area contributed by atoms with Gasteiger partial charge < -0.3 is 10.2 Å². The molecular weight excluding hydrogens is 284 g/mol. The van der Waals surface area contributed by atoms with Gasteiger partial charge in [0.25, 0.3) is 0 Å². The Labute approximate surface area is 111 Å². The molecule has 5 heteroatoms. The Morgan fingerprint density at radius 3 is 2.35 bits per heavy atom. The van der Waals surface area contributed by atoms with Gasteiger partial charge in [0, 0.05) is 13.1 Å². The molecule has 98 valence electrons. The minimum absolute atomic E-state index is 0.0292. The molecule has 1 N–H and O–H groups in total. The normalized spacial score (nSPS) is 18.0. The number of halogens is 1. The van der Waals surface area contributed by atoms with Crippen LogP contribution in [0.5, 0.6) is 0 Å². The van der Waals surface area contributed by atoms with Crippen LogP contribution < -0.4 is 5.32 Å². The first-order valence-electron chi connectivity index (χ1n) is 6.22. The average Bonchev–Trinajstić information content (AvgIpc) is 2.35. The molecule has 4 nitrogen and oxygen atoms in total. The van der Waals surface area contributed by atoms with E-state index in [1.807, 2.05) is 18.7 Å². The van der Waals surface area contributed by atoms with Gasteiger partial charge in [-0.15, -0.1) is 0 Å². The van der Waals surface area contributed by atoms with E-state index in [0.29, 0.717) is 0 Å². The standard InChI is InChI=1S/C12H21BrN2O2/c1-9(2)11(13)12(17)14-8-10(16)15-6-4-3-5-7-15/h9,11H,3-8H2,1-2H3,(H,14,17). The van der Waals surface area contributed by atoms with Gasteiger partial charge in [-0.1, -0.05) is 29.8 Å². The number of alkyl halides is 1. The summed E-state index contributed by atoms with van der Waals surface area (Å²) in [6, 6.07) is 0. The zero-order chi connectivity index (χ0) is 12.8. The van der Waals surface area contributed by atoms with Gasteiger partial charge in [0.05, 0.1) is 11.4 Å². The Morgan fingerprint density at radius 1 is 1.24 bits per heavy atom. The van der Waals surface area contributed by atoms with Gasteiger partial charge in [0.2, 0.25) is 11.8 Å². The first kappa shape index (κ1) is 14.5. The molecule has 1 atom stereocenters. The van der Waals surface area contributed by atoms with E-state index in [4.69, 9.17) is 0 Å². The van der Waals surface area contributed by atoms with Crippen molar-refractivity contribution in [1.29, 1.82) is 0 Å². The van der Waals surface area contributed by atoms with Crippen LogP contribution in [0.3, 0.4) is 0 Å². The fraction of sp³-hybridized carbons (Fsp3) is 0.833. The van der Waals surface area contributed by atoms with E-state index in [1.54, 1.807) is 0 Å². The molecule has 1 rings (SSSR count). The SMILES string of the molecule is CC(C)C(Br)C(=O)NCC(=O)N1CCCCC1. The Morgan fingerprint density at radius 2 is 1.82 bits per heavy atom. The smallest absolute Gasteiger partial charge is 0.241 e. The van der Waals surface area contributed by atoms with Crippen LogP contribution in [0.25, 0.3) is 0 Å². The van der Waals surface area contributed by atoms with Gasteiger partial charge in [-0.3, -0.25) is 9.59 Å². The minimum Gasteiger partial charge on any atom is -0.346 e. The molecule has 1 unspecified atom stereocenters. The van der Waals surface area contributed by atoms with Crippen LogP contribution in [0.15, 0.2) is 0 Å². The van der Waals surface area contributed by atoms with Crippen LogP contribution in [0.2, 0.25) is 0 Å². The van der Waals surface area contributed by atoms with Gasteiger partial charge in [0.1, 0.15) is 0 Å². The molecule has 0 aromatic carbocycles. The van der Waals surface area contributed by atoms with Crippen LogP contribution in [-0.2, 0) is 9.59 Å². The average molecular weight is 305 g/mol. The second-order valence-corrected chi connectivity index (χ2v) is 5.79. The summed E-state index contributed by atoms with van der Waals surface area (Å²) >= 11 is 3.32. The number of amides is 2.